The molecule has 0 heterocycles. The first-order valence-electron chi connectivity index (χ1n) is 9.55. The minimum absolute atomic E-state index is 0.267. The van der Waals surface area contributed by atoms with Crippen molar-refractivity contribution < 1.29 is 0 Å². The molecule has 3 unspecified atom stereocenters. The van der Waals surface area contributed by atoms with Crippen molar-refractivity contribution in [1.29, 1.82) is 0 Å². The van der Waals surface area contributed by atoms with Gasteiger partial charge in [0.2, 0.25) is 0 Å². The van der Waals surface area contributed by atoms with Crippen LogP contribution in [0.2, 0.25) is 0 Å². The number of alkyl halides is 1. The molecule has 0 spiro atoms. The van der Waals surface area contributed by atoms with E-state index in [0.717, 1.165) is 36.6 Å². The predicted octanol–water partition coefficient (Wildman–Crippen LogP) is 8.73. The minimum Gasteiger partial charge on any atom is -0.123 e. The zero-order valence-electron chi connectivity index (χ0n) is 16.8. The molecular formula is C21H40Cl2. The van der Waals surface area contributed by atoms with Crippen LogP contribution in [0.15, 0.2) is 22.3 Å². The number of hydrogen-bond acceptors (Lipinski definition) is 0. The Balaban J connectivity index is 0. The summed E-state index contributed by atoms with van der Waals surface area (Å²) in [6.45, 7) is 17.1. The molecule has 0 aromatic carbocycles. The third kappa shape index (κ3) is 11.3. The topological polar surface area (TPSA) is 0 Å². The van der Waals surface area contributed by atoms with E-state index in [4.69, 9.17) is 23.2 Å². The summed E-state index contributed by atoms with van der Waals surface area (Å²) in [5, 5.41) is 1.37. The lowest BCUT2D eigenvalue weighted by Gasteiger charge is -2.26. The molecule has 0 N–H and O–H groups in total. The summed E-state index contributed by atoms with van der Waals surface area (Å²) >= 11 is 12.6. The molecular weight excluding hydrogens is 323 g/mol. The van der Waals surface area contributed by atoms with Crippen molar-refractivity contribution >= 4 is 23.2 Å². The van der Waals surface area contributed by atoms with E-state index in [1.54, 1.807) is 0 Å². The van der Waals surface area contributed by atoms with Crippen LogP contribution in [-0.2, 0) is 0 Å². The summed E-state index contributed by atoms with van der Waals surface area (Å²) in [4.78, 5) is 0. The zero-order valence-corrected chi connectivity index (χ0v) is 18.3. The van der Waals surface area contributed by atoms with Crippen molar-refractivity contribution in [2.24, 2.45) is 11.8 Å². The van der Waals surface area contributed by atoms with Gasteiger partial charge in [-0.1, -0.05) is 78.1 Å². The maximum Gasteiger partial charge on any atom is 0.0368 e. The zero-order chi connectivity index (χ0) is 18.4. The molecule has 1 aliphatic rings. The standard InChI is InChI=1S/C16H26Cl2.C3H8.C2H6/c1-5-14(17)8-7-12(3)13(4)15-9-6-11(2)10-16(15)18;1-3-2;1-2/h7,11,13-14H,5-6,8-10H2,1-4H3;3H2,1-2H3;1-2H3/b12-7+;;. The summed E-state index contributed by atoms with van der Waals surface area (Å²) < 4.78 is 0. The quantitative estimate of drug-likeness (QED) is 0.338. The highest BCUT2D eigenvalue weighted by atomic mass is 35.5. The van der Waals surface area contributed by atoms with Crippen LogP contribution in [0, 0.1) is 11.8 Å². The van der Waals surface area contributed by atoms with Crippen LogP contribution < -0.4 is 0 Å². The van der Waals surface area contributed by atoms with E-state index >= 15 is 0 Å². The average Bonchev–Trinajstić information content (AvgIpc) is 2.54. The Hall–Kier alpha value is 0.0600. The SMILES string of the molecule is CC.CCC.CCC(Cl)C/C=C(\C)C(C)C1=C(Cl)CC(C)CC1. The van der Waals surface area contributed by atoms with Gasteiger partial charge in [-0.2, -0.15) is 0 Å². The molecule has 138 valence electrons. The maximum atomic E-state index is 6.43. The second-order valence-electron chi connectivity index (χ2n) is 6.40. The smallest absolute Gasteiger partial charge is 0.0368 e. The first-order chi connectivity index (χ1) is 10.9. The van der Waals surface area contributed by atoms with E-state index in [1.165, 1.54) is 24.0 Å². The Bertz CT molecular complexity index is 342. The summed E-state index contributed by atoms with van der Waals surface area (Å²) in [6, 6.07) is 0. The summed E-state index contributed by atoms with van der Waals surface area (Å²) in [6.07, 6.45) is 9.03. The van der Waals surface area contributed by atoms with Crippen molar-refractivity contribution in [2.75, 3.05) is 0 Å². The van der Waals surface area contributed by atoms with Crippen LogP contribution in [0.5, 0.6) is 0 Å². The van der Waals surface area contributed by atoms with Crippen molar-refractivity contribution in [3.05, 3.63) is 22.3 Å². The highest BCUT2D eigenvalue weighted by Crippen LogP contribution is 2.37. The van der Waals surface area contributed by atoms with Crippen molar-refractivity contribution in [2.45, 2.75) is 99.3 Å². The molecule has 0 amide bonds. The van der Waals surface area contributed by atoms with Gasteiger partial charge in [0.1, 0.15) is 0 Å². The van der Waals surface area contributed by atoms with E-state index in [0.29, 0.717) is 5.92 Å². The largest absolute Gasteiger partial charge is 0.123 e. The van der Waals surface area contributed by atoms with E-state index in [-0.39, 0.29) is 5.38 Å². The molecule has 0 aliphatic heterocycles. The molecule has 23 heavy (non-hydrogen) atoms. The summed E-state index contributed by atoms with van der Waals surface area (Å²) in [5.41, 5.74) is 2.86. The Kier molecular flexibility index (Phi) is 17.1. The number of halogens is 2. The van der Waals surface area contributed by atoms with Crippen LogP contribution in [0.1, 0.15) is 93.9 Å². The minimum atomic E-state index is 0.267. The van der Waals surface area contributed by atoms with Crippen LogP contribution >= 0.6 is 23.2 Å². The lowest BCUT2D eigenvalue weighted by Crippen LogP contribution is -2.11. The van der Waals surface area contributed by atoms with Gasteiger partial charge < -0.3 is 0 Å². The Morgan fingerprint density at radius 1 is 1.26 bits per heavy atom. The highest BCUT2D eigenvalue weighted by molar-refractivity contribution is 6.30. The van der Waals surface area contributed by atoms with Gasteiger partial charge in [0.25, 0.3) is 0 Å². The molecule has 3 atom stereocenters. The number of allylic oxidation sites excluding steroid dienone is 4. The number of rotatable bonds is 5. The molecule has 1 rings (SSSR count). The molecule has 2 heteroatoms. The van der Waals surface area contributed by atoms with E-state index in [2.05, 4.69) is 47.6 Å². The fourth-order valence-electron chi connectivity index (χ4n) is 2.46. The summed E-state index contributed by atoms with van der Waals surface area (Å²) in [5.74, 6) is 1.22. The van der Waals surface area contributed by atoms with Crippen LogP contribution in [-0.4, -0.2) is 5.38 Å². The lowest BCUT2D eigenvalue weighted by atomic mass is 9.82. The van der Waals surface area contributed by atoms with Gasteiger partial charge in [-0.25, -0.2) is 0 Å². The van der Waals surface area contributed by atoms with Crippen molar-refractivity contribution in [1.82, 2.24) is 0 Å². The molecule has 0 aromatic heterocycles. The molecule has 1 aliphatic carbocycles. The Morgan fingerprint density at radius 3 is 2.22 bits per heavy atom. The molecule has 0 fully saturated rings. The molecule has 0 bridgehead atoms. The van der Waals surface area contributed by atoms with E-state index in [9.17, 15) is 0 Å². The van der Waals surface area contributed by atoms with Gasteiger partial charge in [-0.15, -0.1) is 11.6 Å². The fraction of sp³-hybridized carbons (Fsp3) is 0.810. The summed E-state index contributed by atoms with van der Waals surface area (Å²) in [7, 11) is 0. The Labute approximate surface area is 156 Å². The van der Waals surface area contributed by atoms with Gasteiger partial charge in [-0.05, 0) is 56.4 Å². The van der Waals surface area contributed by atoms with Crippen molar-refractivity contribution in [3.63, 3.8) is 0 Å². The second kappa shape index (κ2) is 15.6. The highest BCUT2D eigenvalue weighted by Gasteiger charge is 2.21. The van der Waals surface area contributed by atoms with E-state index in [1.807, 2.05) is 13.8 Å². The molecule has 0 nitrogen and oxygen atoms in total. The van der Waals surface area contributed by atoms with Crippen molar-refractivity contribution in [3.8, 4) is 0 Å². The van der Waals surface area contributed by atoms with Gasteiger partial charge in [0.05, 0.1) is 0 Å². The van der Waals surface area contributed by atoms with Gasteiger partial charge in [-0.3, -0.25) is 0 Å². The fourth-order valence-corrected chi connectivity index (χ4v) is 3.07. The van der Waals surface area contributed by atoms with Crippen LogP contribution in [0.25, 0.3) is 0 Å². The first-order valence-corrected chi connectivity index (χ1v) is 10.4. The second-order valence-corrected chi connectivity index (χ2v) is 7.47. The molecule has 0 saturated carbocycles. The average molecular weight is 363 g/mol. The van der Waals surface area contributed by atoms with Gasteiger partial charge in [0, 0.05) is 10.4 Å². The molecule has 0 aromatic rings. The molecule has 0 saturated heterocycles. The predicted molar refractivity (Wildman–Crippen MR) is 111 cm³/mol. The van der Waals surface area contributed by atoms with Crippen LogP contribution in [0.4, 0.5) is 0 Å². The van der Waals surface area contributed by atoms with E-state index < -0.39 is 0 Å². The Morgan fingerprint density at radius 2 is 1.78 bits per heavy atom. The normalized spacial score (nSPS) is 20.8. The first kappa shape index (κ1) is 25.3. The van der Waals surface area contributed by atoms with Gasteiger partial charge in [0.15, 0.2) is 0 Å². The monoisotopic (exact) mass is 362 g/mol. The maximum absolute atomic E-state index is 6.43. The molecule has 0 radical (unpaired) electrons. The van der Waals surface area contributed by atoms with Crippen LogP contribution in [0.3, 0.4) is 0 Å². The lowest BCUT2D eigenvalue weighted by molar-refractivity contribution is 0.487. The third-order valence-corrected chi connectivity index (χ3v) is 5.01. The third-order valence-electron chi connectivity index (χ3n) is 4.13. The number of hydrogen-bond donors (Lipinski definition) is 0. The van der Waals surface area contributed by atoms with Gasteiger partial charge >= 0.3 is 0 Å².